The van der Waals surface area contributed by atoms with Crippen molar-refractivity contribution in [3.05, 3.63) is 64.4 Å². The number of hydrogen-bond donors (Lipinski definition) is 1. The molecule has 0 radical (unpaired) electrons. The summed E-state index contributed by atoms with van der Waals surface area (Å²) in [5, 5.41) is 4.20. The number of likely N-dealkylation sites (tertiary alicyclic amines) is 1. The third-order valence-electron chi connectivity index (χ3n) is 9.87. The molecule has 4 nitrogen and oxygen atoms in total. The van der Waals surface area contributed by atoms with Crippen LogP contribution in [0.15, 0.2) is 42.5 Å². The quantitative estimate of drug-likeness (QED) is 0.498. The number of pyridine rings is 1. The molecule has 2 aromatic rings. The van der Waals surface area contributed by atoms with Crippen LogP contribution >= 0.6 is 11.6 Å². The van der Waals surface area contributed by atoms with Gasteiger partial charge in [0.2, 0.25) is 5.91 Å². The van der Waals surface area contributed by atoms with Crippen LogP contribution in [0.1, 0.15) is 86.9 Å². The van der Waals surface area contributed by atoms with E-state index >= 15 is 0 Å². The molecule has 36 heavy (non-hydrogen) atoms. The number of benzene rings is 1. The molecular weight excluding hydrogens is 466 g/mol. The molecule has 1 spiro atoms. The first kappa shape index (κ1) is 24.4. The van der Waals surface area contributed by atoms with E-state index in [1.807, 2.05) is 6.07 Å². The summed E-state index contributed by atoms with van der Waals surface area (Å²) in [5.41, 5.74) is 3.68. The summed E-state index contributed by atoms with van der Waals surface area (Å²) in [6.07, 6.45) is 13.2. The Morgan fingerprint density at radius 3 is 2.72 bits per heavy atom. The summed E-state index contributed by atoms with van der Waals surface area (Å²) < 4.78 is 0. The molecule has 3 heterocycles. The molecule has 1 amide bonds. The minimum Gasteiger partial charge on any atom is -0.339 e. The van der Waals surface area contributed by atoms with Gasteiger partial charge in [0, 0.05) is 36.8 Å². The van der Waals surface area contributed by atoms with Crippen LogP contribution in [-0.2, 0) is 16.6 Å². The molecule has 1 saturated carbocycles. The molecule has 2 unspecified atom stereocenters. The van der Waals surface area contributed by atoms with Gasteiger partial charge in [-0.3, -0.25) is 4.79 Å². The average Bonchev–Trinajstić information content (AvgIpc) is 3.33. The van der Waals surface area contributed by atoms with Gasteiger partial charge in [0.15, 0.2) is 0 Å². The molecule has 1 N–H and O–H groups in total. The zero-order chi connectivity index (χ0) is 24.5. The minimum atomic E-state index is -0.145. The summed E-state index contributed by atoms with van der Waals surface area (Å²) in [5.74, 6) is 1.70. The number of nitrogens with one attached hydrogen (secondary N) is 1. The molecule has 3 fully saturated rings. The number of carbonyl (C=O) groups is 1. The van der Waals surface area contributed by atoms with E-state index in [0.717, 1.165) is 63.4 Å². The van der Waals surface area contributed by atoms with E-state index in [4.69, 9.17) is 11.6 Å². The molecule has 0 bridgehead atoms. The number of amides is 1. The summed E-state index contributed by atoms with van der Waals surface area (Å²) >= 11 is 6.27. The SMILES string of the molecule is O=C([C@@H]1CNC[C@]12CCCc1nc(Cl)ccc12)N1CCC(c2ccccc2)CC1CC1CCCCC1. The maximum atomic E-state index is 14.5. The molecule has 1 aromatic carbocycles. The second kappa shape index (κ2) is 10.5. The van der Waals surface area contributed by atoms with Crippen molar-refractivity contribution in [3.8, 4) is 0 Å². The van der Waals surface area contributed by atoms with Crippen LogP contribution in [0.2, 0.25) is 5.15 Å². The van der Waals surface area contributed by atoms with E-state index in [2.05, 4.69) is 51.6 Å². The van der Waals surface area contributed by atoms with E-state index in [-0.39, 0.29) is 11.3 Å². The van der Waals surface area contributed by atoms with Gasteiger partial charge in [-0.2, -0.15) is 0 Å². The molecule has 1 aromatic heterocycles. The first-order valence-corrected chi connectivity index (χ1v) is 14.7. The lowest BCUT2D eigenvalue weighted by Crippen LogP contribution is -2.53. The van der Waals surface area contributed by atoms with Crippen LogP contribution in [0.4, 0.5) is 0 Å². The highest BCUT2D eigenvalue weighted by atomic mass is 35.5. The molecule has 5 heteroatoms. The van der Waals surface area contributed by atoms with Gasteiger partial charge >= 0.3 is 0 Å². The fourth-order valence-electron chi connectivity index (χ4n) is 8.05. The molecule has 4 aliphatic rings. The van der Waals surface area contributed by atoms with Gasteiger partial charge in [0.05, 0.1) is 5.92 Å². The van der Waals surface area contributed by atoms with Crippen molar-refractivity contribution in [2.24, 2.45) is 11.8 Å². The number of hydrogen-bond acceptors (Lipinski definition) is 3. The lowest BCUT2D eigenvalue weighted by atomic mass is 9.65. The van der Waals surface area contributed by atoms with E-state index in [1.165, 1.54) is 49.7 Å². The third-order valence-corrected chi connectivity index (χ3v) is 10.1. The molecule has 4 atom stereocenters. The highest BCUT2D eigenvalue weighted by molar-refractivity contribution is 6.29. The Morgan fingerprint density at radius 2 is 1.89 bits per heavy atom. The normalized spacial score (nSPS) is 30.9. The maximum absolute atomic E-state index is 14.5. The van der Waals surface area contributed by atoms with Crippen molar-refractivity contribution in [3.63, 3.8) is 0 Å². The standard InChI is InChI=1S/C31H40ClN3O/c32-29-14-13-26-28(34-29)12-7-16-31(26)21-33-20-27(31)30(36)35-17-15-24(23-10-5-2-6-11-23)19-25(35)18-22-8-3-1-4-9-22/h2,5-6,10-11,13-14,22,24-25,27,33H,1,3-4,7-9,12,15-21H2/t24?,25?,27-,31-/m0/s1. The van der Waals surface area contributed by atoms with Gasteiger partial charge in [0.25, 0.3) is 0 Å². The zero-order valence-corrected chi connectivity index (χ0v) is 22.2. The van der Waals surface area contributed by atoms with Crippen molar-refractivity contribution in [2.75, 3.05) is 19.6 Å². The highest BCUT2D eigenvalue weighted by Gasteiger charge is 2.52. The predicted octanol–water partition coefficient (Wildman–Crippen LogP) is 6.27. The first-order chi connectivity index (χ1) is 17.6. The average molecular weight is 506 g/mol. The van der Waals surface area contributed by atoms with Gasteiger partial charge in [0.1, 0.15) is 5.15 Å². The molecule has 2 aliphatic heterocycles. The van der Waals surface area contributed by atoms with Crippen LogP contribution in [-0.4, -0.2) is 41.5 Å². The Labute approximate surface area is 221 Å². The van der Waals surface area contributed by atoms with Crippen LogP contribution < -0.4 is 5.32 Å². The Bertz CT molecular complexity index is 1070. The molecule has 192 valence electrons. The fraction of sp³-hybridized carbons (Fsp3) is 0.613. The highest BCUT2D eigenvalue weighted by Crippen LogP contribution is 2.47. The van der Waals surface area contributed by atoms with Crippen molar-refractivity contribution in [1.29, 1.82) is 0 Å². The number of aryl methyl sites for hydroxylation is 1. The predicted molar refractivity (Wildman–Crippen MR) is 145 cm³/mol. The van der Waals surface area contributed by atoms with Gasteiger partial charge in [-0.1, -0.05) is 80.1 Å². The van der Waals surface area contributed by atoms with Crippen LogP contribution in [0.5, 0.6) is 0 Å². The smallest absolute Gasteiger partial charge is 0.228 e. The number of rotatable bonds is 4. The van der Waals surface area contributed by atoms with Crippen molar-refractivity contribution in [1.82, 2.24) is 15.2 Å². The second-order valence-corrected chi connectivity index (χ2v) is 12.3. The van der Waals surface area contributed by atoms with Gasteiger partial charge in [-0.25, -0.2) is 4.98 Å². The summed E-state index contributed by atoms with van der Waals surface area (Å²) in [7, 11) is 0. The zero-order valence-electron chi connectivity index (χ0n) is 21.4. The summed E-state index contributed by atoms with van der Waals surface area (Å²) in [6, 6.07) is 15.4. The van der Waals surface area contributed by atoms with Crippen LogP contribution in [0, 0.1) is 11.8 Å². The first-order valence-electron chi connectivity index (χ1n) is 14.4. The lowest BCUT2D eigenvalue weighted by molar-refractivity contribution is -0.141. The van der Waals surface area contributed by atoms with E-state index in [9.17, 15) is 4.79 Å². The van der Waals surface area contributed by atoms with Gasteiger partial charge < -0.3 is 10.2 Å². The molecular formula is C31H40ClN3O. The third kappa shape index (κ3) is 4.60. The number of carbonyl (C=O) groups excluding carboxylic acids is 1. The number of aromatic nitrogens is 1. The Morgan fingerprint density at radius 1 is 1.06 bits per heavy atom. The number of nitrogens with zero attached hydrogens (tertiary/aromatic N) is 2. The summed E-state index contributed by atoms with van der Waals surface area (Å²) in [6.45, 7) is 2.53. The van der Waals surface area contributed by atoms with Crippen molar-refractivity contribution >= 4 is 17.5 Å². The topological polar surface area (TPSA) is 45.2 Å². The fourth-order valence-corrected chi connectivity index (χ4v) is 8.22. The molecule has 2 saturated heterocycles. The van der Waals surface area contributed by atoms with Gasteiger partial charge in [-0.05, 0) is 67.6 Å². The Kier molecular flexibility index (Phi) is 7.09. The maximum Gasteiger partial charge on any atom is 0.228 e. The number of halogens is 1. The summed E-state index contributed by atoms with van der Waals surface area (Å²) in [4.78, 5) is 21.5. The van der Waals surface area contributed by atoms with E-state index in [0.29, 0.717) is 23.0 Å². The lowest BCUT2D eigenvalue weighted by Gasteiger charge is -2.46. The van der Waals surface area contributed by atoms with E-state index < -0.39 is 0 Å². The number of fused-ring (bicyclic) bond motifs is 2. The molecule has 2 aliphatic carbocycles. The van der Waals surface area contributed by atoms with Crippen molar-refractivity contribution in [2.45, 2.75) is 88.0 Å². The number of piperidine rings is 1. The minimum absolute atomic E-state index is 0.0124. The van der Waals surface area contributed by atoms with E-state index in [1.54, 1.807) is 0 Å². The monoisotopic (exact) mass is 505 g/mol. The van der Waals surface area contributed by atoms with Gasteiger partial charge in [-0.15, -0.1) is 0 Å². The van der Waals surface area contributed by atoms with Crippen LogP contribution in [0.25, 0.3) is 0 Å². The largest absolute Gasteiger partial charge is 0.339 e. The van der Waals surface area contributed by atoms with Crippen molar-refractivity contribution < 1.29 is 4.79 Å². The Hall–Kier alpha value is -1.91. The Balaban J connectivity index is 1.28. The second-order valence-electron chi connectivity index (χ2n) is 11.9. The van der Waals surface area contributed by atoms with Crippen LogP contribution in [0.3, 0.4) is 0 Å². The molecule has 6 rings (SSSR count).